The van der Waals surface area contributed by atoms with Gasteiger partial charge >= 0.3 is 0 Å². The van der Waals surface area contributed by atoms with Gasteiger partial charge < -0.3 is 10.1 Å². The van der Waals surface area contributed by atoms with Crippen LogP contribution in [0.1, 0.15) is 68.6 Å². The summed E-state index contributed by atoms with van der Waals surface area (Å²) in [4.78, 5) is 25.8. The Labute approximate surface area is 188 Å². The fraction of sp³-hybridized carbons (Fsp3) is 0.385. The molecule has 1 amide bonds. The van der Waals surface area contributed by atoms with Crippen molar-refractivity contribution < 1.29 is 14.3 Å². The Bertz CT molecular complexity index is 1060. The maximum absolute atomic E-state index is 13.3. The van der Waals surface area contributed by atoms with Crippen molar-refractivity contribution in [2.24, 2.45) is 0 Å². The molecule has 0 aromatic heterocycles. The largest absolute Gasteiger partial charge is 0.495 e. The molecule has 1 aliphatic heterocycles. The molecule has 1 aliphatic carbocycles. The average Bonchev–Trinajstić information content (AvgIpc) is 2.72. The zero-order valence-electron chi connectivity index (χ0n) is 18.4. The van der Waals surface area contributed by atoms with Crippen LogP contribution in [0.3, 0.4) is 0 Å². The standard InChI is InChI=1S/C26H28ClNO3/c1-26(2,3)18-8-5-15(6-9-18)17-12-21-25(22(29)13-17)19(14-24(30)28-21)16-7-10-23(31-4)20(27)11-16/h5-11,17,19H,12-14H2,1-4H3,(H,28,30). The molecule has 31 heavy (non-hydrogen) atoms. The SMILES string of the molecule is COc1ccc(C2CC(=O)NC3=C2C(=O)CC(c2ccc(C(C)(C)C)cc2)C3)cc1Cl. The third-order valence-electron chi connectivity index (χ3n) is 6.36. The Morgan fingerprint density at radius 3 is 2.26 bits per heavy atom. The lowest BCUT2D eigenvalue weighted by Crippen LogP contribution is -2.38. The first-order chi connectivity index (χ1) is 14.7. The molecule has 4 nitrogen and oxygen atoms in total. The van der Waals surface area contributed by atoms with Crippen molar-refractivity contribution in [2.75, 3.05) is 7.11 Å². The van der Waals surface area contributed by atoms with E-state index >= 15 is 0 Å². The zero-order chi connectivity index (χ0) is 22.3. The second-order valence-corrected chi connectivity index (χ2v) is 9.90. The van der Waals surface area contributed by atoms with Gasteiger partial charge in [-0.1, -0.05) is 62.7 Å². The first-order valence-corrected chi connectivity index (χ1v) is 11.0. The molecule has 0 bridgehead atoms. The van der Waals surface area contributed by atoms with Crippen molar-refractivity contribution >= 4 is 23.3 Å². The Kier molecular flexibility index (Phi) is 5.69. The van der Waals surface area contributed by atoms with Crippen LogP contribution in [0.5, 0.6) is 5.75 Å². The van der Waals surface area contributed by atoms with Gasteiger partial charge in [0.25, 0.3) is 0 Å². The molecule has 0 saturated heterocycles. The number of carbonyl (C=O) groups excluding carboxylic acids is 2. The molecule has 162 valence electrons. The van der Waals surface area contributed by atoms with Crippen LogP contribution in [0, 0.1) is 0 Å². The van der Waals surface area contributed by atoms with Gasteiger partial charge in [0.05, 0.1) is 12.1 Å². The molecule has 2 aromatic rings. The van der Waals surface area contributed by atoms with E-state index in [9.17, 15) is 9.59 Å². The van der Waals surface area contributed by atoms with Crippen LogP contribution in [-0.2, 0) is 15.0 Å². The number of hydrogen-bond acceptors (Lipinski definition) is 3. The predicted molar refractivity (Wildman–Crippen MR) is 123 cm³/mol. The van der Waals surface area contributed by atoms with E-state index < -0.39 is 0 Å². The molecule has 2 aromatic carbocycles. The van der Waals surface area contributed by atoms with Gasteiger partial charge in [0, 0.05) is 30.0 Å². The molecule has 2 aliphatic rings. The Morgan fingerprint density at radius 1 is 0.968 bits per heavy atom. The number of nitrogens with one attached hydrogen (secondary N) is 1. The first kappa shape index (κ1) is 21.6. The number of hydrogen-bond donors (Lipinski definition) is 1. The van der Waals surface area contributed by atoms with Gasteiger partial charge in [-0.05, 0) is 46.6 Å². The molecule has 0 saturated carbocycles. The highest BCUT2D eigenvalue weighted by molar-refractivity contribution is 6.32. The van der Waals surface area contributed by atoms with E-state index in [1.165, 1.54) is 5.56 Å². The number of amides is 1. The average molecular weight is 438 g/mol. The van der Waals surface area contributed by atoms with Crippen LogP contribution in [0.4, 0.5) is 0 Å². The summed E-state index contributed by atoms with van der Waals surface area (Å²) in [5, 5.41) is 3.46. The highest BCUT2D eigenvalue weighted by Crippen LogP contribution is 2.43. The third kappa shape index (κ3) is 4.27. The van der Waals surface area contributed by atoms with Crippen molar-refractivity contribution in [3.63, 3.8) is 0 Å². The summed E-state index contributed by atoms with van der Waals surface area (Å²) in [6, 6.07) is 14.0. The van der Waals surface area contributed by atoms with Gasteiger partial charge in [-0.25, -0.2) is 0 Å². The zero-order valence-corrected chi connectivity index (χ0v) is 19.2. The molecule has 2 atom stereocenters. The molecule has 1 N–H and O–H groups in total. The number of halogens is 1. The fourth-order valence-electron chi connectivity index (χ4n) is 4.64. The number of methoxy groups -OCH3 is 1. The van der Waals surface area contributed by atoms with Gasteiger partial charge in [-0.2, -0.15) is 0 Å². The van der Waals surface area contributed by atoms with Gasteiger partial charge in [0.1, 0.15) is 5.75 Å². The molecule has 2 unspecified atom stereocenters. The third-order valence-corrected chi connectivity index (χ3v) is 6.66. The summed E-state index contributed by atoms with van der Waals surface area (Å²) in [5.74, 6) is 0.409. The summed E-state index contributed by atoms with van der Waals surface area (Å²) < 4.78 is 5.24. The van der Waals surface area contributed by atoms with Crippen LogP contribution in [-0.4, -0.2) is 18.8 Å². The highest BCUT2D eigenvalue weighted by Gasteiger charge is 2.38. The number of rotatable bonds is 3. The quantitative estimate of drug-likeness (QED) is 0.674. The van der Waals surface area contributed by atoms with Crippen molar-refractivity contribution in [1.82, 2.24) is 5.32 Å². The minimum atomic E-state index is -0.274. The second kappa shape index (κ2) is 8.16. The van der Waals surface area contributed by atoms with Gasteiger partial charge in [0.15, 0.2) is 5.78 Å². The van der Waals surface area contributed by atoms with Gasteiger partial charge in [0.2, 0.25) is 5.91 Å². The summed E-state index contributed by atoms with van der Waals surface area (Å²) >= 11 is 6.32. The lowest BCUT2D eigenvalue weighted by Gasteiger charge is -2.34. The molecular weight excluding hydrogens is 410 g/mol. The monoisotopic (exact) mass is 437 g/mol. The number of ether oxygens (including phenoxy) is 1. The Hall–Kier alpha value is -2.59. The normalized spacial score (nSPS) is 21.6. The van der Waals surface area contributed by atoms with Gasteiger partial charge in [-0.3, -0.25) is 9.59 Å². The van der Waals surface area contributed by atoms with Crippen LogP contribution < -0.4 is 10.1 Å². The van der Waals surface area contributed by atoms with Gasteiger partial charge in [-0.15, -0.1) is 0 Å². The van der Waals surface area contributed by atoms with E-state index in [0.29, 0.717) is 23.6 Å². The summed E-state index contributed by atoms with van der Waals surface area (Å²) in [6.45, 7) is 6.56. The topological polar surface area (TPSA) is 55.4 Å². The highest BCUT2D eigenvalue weighted by atomic mass is 35.5. The van der Waals surface area contributed by atoms with E-state index in [1.807, 2.05) is 6.07 Å². The second-order valence-electron chi connectivity index (χ2n) is 9.49. The lowest BCUT2D eigenvalue weighted by molar-refractivity contribution is -0.122. The summed E-state index contributed by atoms with van der Waals surface area (Å²) in [7, 11) is 1.56. The van der Waals surface area contributed by atoms with Crippen LogP contribution in [0.2, 0.25) is 5.02 Å². The molecule has 0 radical (unpaired) electrons. The maximum atomic E-state index is 13.3. The fourth-order valence-corrected chi connectivity index (χ4v) is 4.90. The molecule has 1 heterocycles. The number of carbonyl (C=O) groups is 2. The molecule has 5 heteroatoms. The Balaban J connectivity index is 1.66. The Morgan fingerprint density at radius 2 is 1.65 bits per heavy atom. The van der Waals surface area contributed by atoms with E-state index in [-0.39, 0.29) is 35.4 Å². The van der Waals surface area contributed by atoms with E-state index in [2.05, 4.69) is 50.4 Å². The maximum Gasteiger partial charge on any atom is 0.225 e. The first-order valence-electron chi connectivity index (χ1n) is 10.7. The number of Topliss-reactive ketones (excluding diaryl/α,β-unsaturated/α-hetero) is 1. The van der Waals surface area contributed by atoms with Crippen molar-refractivity contribution in [3.05, 3.63) is 75.4 Å². The predicted octanol–water partition coefficient (Wildman–Crippen LogP) is 5.65. The number of benzene rings is 2. The van der Waals surface area contributed by atoms with Crippen molar-refractivity contribution in [3.8, 4) is 5.75 Å². The van der Waals surface area contributed by atoms with Crippen LogP contribution >= 0.6 is 11.6 Å². The summed E-state index contributed by atoms with van der Waals surface area (Å²) in [6.07, 6.45) is 1.35. The van der Waals surface area contributed by atoms with Crippen molar-refractivity contribution in [1.29, 1.82) is 0 Å². The van der Waals surface area contributed by atoms with E-state index in [0.717, 1.165) is 22.4 Å². The van der Waals surface area contributed by atoms with E-state index in [4.69, 9.17) is 16.3 Å². The number of ketones is 1. The molecule has 4 rings (SSSR count). The van der Waals surface area contributed by atoms with E-state index in [1.54, 1.807) is 19.2 Å². The minimum Gasteiger partial charge on any atom is -0.495 e. The summed E-state index contributed by atoms with van der Waals surface area (Å²) in [5.41, 5.74) is 4.84. The number of allylic oxidation sites excluding steroid dienone is 2. The smallest absolute Gasteiger partial charge is 0.225 e. The van der Waals surface area contributed by atoms with Crippen LogP contribution in [0.25, 0.3) is 0 Å². The minimum absolute atomic E-state index is 0.0628. The van der Waals surface area contributed by atoms with Crippen molar-refractivity contribution in [2.45, 2.75) is 57.3 Å². The molecule has 0 spiro atoms. The molecular formula is C26H28ClNO3. The molecule has 0 fully saturated rings. The lowest BCUT2D eigenvalue weighted by atomic mass is 9.73. The van der Waals surface area contributed by atoms with Crippen LogP contribution in [0.15, 0.2) is 53.7 Å².